The minimum Gasteiger partial charge on any atom is -0.302 e. The van der Waals surface area contributed by atoms with Crippen molar-refractivity contribution in [3.63, 3.8) is 0 Å². The number of anilines is 1. The van der Waals surface area contributed by atoms with Crippen LogP contribution in [0.2, 0.25) is 0 Å². The number of hydrogen-bond acceptors (Lipinski definition) is 4. The van der Waals surface area contributed by atoms with Gasteiger partial charge in [0, 0.05) is 19.8 Å². The van der Waals surface area contributed by atoms with E-state index in [0.717, 1.165) is 23.6 Å². The molecule has 0 bridgehead atoms. The van der Waals surface area contributed by atoms with E-state index < -0.39 is 26.2 Å². The van der Waals surface area contributed by atoms with E-state index in [2.05, 4.69) is 0 Å². The Morgan fingerprint density at radius 1 is 1.22 bits per heavy atom. The molecule has 1 aliphatic rings. The van der Waals surface area contributed by atoms with Crippen molar-refractivity contribution in [3.8, 4) is 0 Å². The van der Waals surface area contributed by atoms with Gasteiger partial charge in [0.2, 0.25) is 0 Å². The maximum Gasteiger partial charge on any atom is 0.328 e. The van der Waals surface area contributed by atoms with Crippen molar-refractivity contribution in [3.05, 3.63) is 57.4 Å². The second-order valence-electron chi connectivity index (χ2n) is 5.68. The van der Waals surface area contributed by atoms with Crippen LogP contribution in [0.25, 0.3) is 0 Å². The van der Waals surface area contributed by atoms with Crippen LogP contribution in [-0.2, 0) is 17.1 Å². The summed E-state index contributed by atoms with van der Waals surface area (Å²) < 4.78 is 28.2. The average molecular weight is 335 g/mol. The molecule has 1 N–H and O–H groups in total. The third-order valence-corrected chi connectivity index (χ3v) is 5.60. The van der Waals surface area contributed by atoms with E-state index in [1.165, 1.54) is 11.4 Å². The molecule has 2 aromatic rings. The molecule has 1 aromatic carbocycles. The van der Waals surface area contributed by atoms with E-state index in [4.69, 9.17) is 0 Å². The first-order valence-electron chi connectivity index (χ1n) is 7.27. The Kier molecular flexibility index (Phi) is 3.85. The van der Waals surface area contributed by atoms with Gasteiger partial charge in [0.1, 0.15) is 0 Å². The Bertz CT molecular complexity index is 927. The summed E-state index contributed by atoms with van der Waals surface area (Å²) in [6, 6.07) is 8.67. The van der Waals surface area contributed by atoms with Crippen molar-refractivity contribution in [1.82, 2.24) is 9.55 Å². The minimum atomic E-state index is -4.05. The number of aromatic nitrogens is 2. The number of nitrogens with zero attached hydrogens (tertiary/aromatic N) is 2. The SMILES string of the molecule is Cn1cc(S(=O)(=O)N(CC2CC2)c2ccccc2)c(=O)[nH]c1=O. The normalized spacial score (nSPS) is 14.7. The van der Waals surface area contributed by atoms with Gasteiger partial charge < -0.3 is 4.57 Å². The Morgan fingerprint density at radius 3 is 2.48 bits per heavy atom. The number of hydrogen-bond donors (Lipinski definition) is 1. The first-order chi connectivity index (χ1) is 10.9. The Morgan fingerprint density at radius 2 is 1.87 bits per heavy atom. The van der Waals surface area contributed by atoms with Gasteiger partial charge in [-0.1, -0.05) is 18.2 Å². The van der Waals surface area contributed by atoms with Gasteiger partial charge in [-0.3, -0.25) is 14.1 Å². The number of aromatic amines is 1. The van der Waals surface area contributed by atoms with Crippen molar-refractivity contribution in [2.45, 2.75) is 17.7 Å². The molecule has 1 aliphatic carbocycles. The highest BCUT2D eigenvalue weighted by atomic mass is 32.2. The topological polar surface area (TPSA) is 92.2 Å². The highest BCUT2D eigenvalue weighted by molar-refractivity contribution is 7.92. The van der Waals surface area contributed by atoms with E-state index in [-0.39, 0.29) is 0 Å². The fourth-order valence-electron chi connectivity index (χ4n) is 2.31. The third kappa shape index (κ3) is 3.07. The molecule has 1 aromatic heterocycles. The van der Waals surface area contributed by atoms with Crippen molar-refractivity contribution < 1.29 is 8.42 Å². The molecular weight excluding hydrogens is 318 g/mol. The summed E-state index contributed by atoms with van der Waals surface area (Å²) in [5.74, 6) is 0.302. The lowest BCUT2D eigenvalue weighted by atomic mass is 10.3. The summed E-state index contributed by atoms with van der Waals surface area (Å²) in [7, 11) is -2.66. The van der Waals surface area contributed by atoms with Crippen molar-refractivity contribution in [2.24, 2.45) is 13.0 Å². The lowest BCUT2D eigenvalue weighted by Crippen LogP contribution is -2.39. The van der Waals surface area contributed by atoms with Crippen LogP contribution in [0, 0.1) is 5.92 Å². The highest BCUT2D eigenvalue weighted by Crippen LogP contribution is 2.33. The van der Waals surface area contributed by atoms with Gasteiger partial charge in [0.25, 0.3) is 15.6 Å². The van der Waals surface area contributed by atoms with E-state index in [9.17, 15) is 18.0 Å². The van der Waals surface area contributed by atoms with Crippen molar-refractivity contribution in [2.75, 3.05) is 10.8 Å². The molecule has 0 unspecified atom stereocenters. The molecule has 7 nitrogen and oxygen atoms in total. The van der Waals surface area contributed by atoms with E-state index in [1.54, 1.807) is 30.3 Å². The van der Waals surface area contributed by atoms with Gasteiger partial charge in [-0.15, -0.1) is 0 Å². The molecule has 1 heterocycles. The number of rotatable bonds is 5. The van der Waals surface area contributed by atoms with Gasteiger partial charge in [-0.2, -0.15) is 0 Å². The molecule has 1 saturated carbocycles. The molecule has 0 spiro atoms. The number of aryl methyl sites for hydroxylation is 1. The number of sulfonamides is 1. The number of para-hydroxylation sites is 1. The number of nitrogens with one attached hydrogen (secondary N) is 1. The number of H-pyrrole nitrogens is 1. The largest absolute Gasteiger partial charge is 0.328 e. The monoisotopic (exact) mass is 335 g/mol. The molecule has 0 radical (unpaired) electrons. The zero-order valence-corrected chi connectivity index (χ0v) is 13.4. The van der Waals surface area contributed by atoms with Crippen LogP contribution in [0.15, 0.2) is 51.0 Å². The predicted molar refractivity (Wildman–Crippen MR) is 86.0 cm³/mol. The van der Waals surface area contributed by atoms with Crippen LogP contribution in [0.3, 0.4) is 0 Å². The first-order valence-corrected chi connectivity index (χ1v) is 8.71. The van der Waals surface area contributed by atoms with E-state index >= 15 is 0 Å². The summed E-state index contributed by atoms with van der Waals surface area (Å²) in [6.07, 6.45) is 3.02. The maximum absolute atomic E-state index is 13.0. The van der Waals surface area contributed by atoms with Crippen molar-refractivity contribution >= 4 is 15.7 Å². The molecule has 1 fully saturated rings. The van der Waals surface area contributed by atoms with Gasteiger partial charge in [0.05, 0.1) is 5.69 Å². The Labute approximate surface area is 133 Å². The second-order valence-corrected chi connectivity index (χ2v) is 7.51. The zero-order chi connectivity index (χ0) is 16.6. The van der Waals surface area contributed by atoms with Gasteiger partial charge >= 0.3 is 5.69 Å². The highest BCUT2D eigenvalue weighted by Gasteiger charge is 2.33. The molecule has 0 amide bonds. The van der Waals surface area contributed by atoms with Gasteiger partial charge in [0.15, 0.2) is 4.90 Å². The van der Waals surface area contributed by atoms with Gasteiger partial charge in [-0.25, -0.2) is 13.2 Å². The summed E-state index contributed by atoms with van der Waals surface area (Å²) in [4.78, 5) is 25.1. The maximum atomic E-state index is 13.0. The second kappa shape index (κ2) is 5.69. The summed E-state index contributed by atoms with van der Waals surface area (Å²) in [6.45, 7) is 0.328. The molecule has 3 rings (SSSR count). The quantitative estimate of drug-likeness (QED) is 0.869. The average Bonchev–Trinajstić information content (AvgIpc) is 3.33. The molecule has 8 heteroatoms. The lowest BCUT2D eigenvalue weighted by molar-refractivity contribution is 0.583. The zero-order valence-electron chi connectivity index (χ0n) is 12.6. The molecule has 122 valence electrons. The minimum absolute atomic E-state index is 0.302. The Balaban J connectivity index is 2.12. The fourth-order valence-corrected chi connectivity index (χ4v) is 3.93. The Hall–Kier alpha value is -2.35. The van der Waals surface area contributed by atoms with Crippen LogP contribution in [0.4, 0.5) is 5.69 Å². The van der Waals surface area contributed by atoms with Crippen LogP contribution >= 0.6 is 0 Å². The smallest absolute Gasteiger partial charge is 0.302 e. The standard InChI is InChI=1S/C15H17N3O4S/c1-17-10-13(14(19)16-15(17)20)23(21,22)18(9-11-7-8-11)12-5-3-2-4-6-12/h2-6,10-11H,7-9H2,1H3,(H,16,19,20). The van der Waals surface area contributed by atoms with Crippen LogP contribution in [0.5, 0.6) is 0 Å². The van der Waals surface area contributed by atoms with Crippen LogP contribution < -0.4 is 15.6 Å². The van der Waals surface area contributed by atoms with E-state index in [0.29, 0.717) is 18.2 Å². The van der Waals surface area contributed by atoms with Crippen molar-refractivity contribution in [1.29, 1.82) is 0 Å². The summed E-state index contributed by atoms with van der Waals surface area (Å²) >= 11 is 0. The third-order valence-electron chi connectivity index (χ3n) is 3.81. The molecule has 0 aliphatic heterocycles. The van der Waals surface area contributed by atoms with Gasteiger partial charge in [-0.05, 0) is 30.9 Å². The van der Waals surface area contributed by atoms with E-state index in [1.807, 2.05) is 4.98 Å². The molecule has 23 heavy (non-hydrogen) atoms. The lowest BCUT2D eigenvalue weighted by Gasteiger charge is -2.24. The summed E-state index contributed by atoms with van der Waals surface area (Å²) in [5, 5.41) is 0. The van der Waals surface area contributed by atoms with Crippen LogP contribution in [0.1, 0.15) is 12.8 Å². The predicted octanol–water partition coefficient (Wildman–Crippen LogP) is 0.679. The number of benzene rings is 1. The summed E-state index contributed by atoms with van der Waals surface area (Å²) in [5.41, 5.74) is -1.04. The van der Waals surface area contributed by atoms with Crippen LogP contribution in [-0.4, -0.2) is 24.5 Å². The molecular formula is C15H17N3O4S. The molecule has 0 saturated heterocycles. The molecule has 0 atom stereocenters. The first kappa shape index (κ1) is 15.5. The fraction of sp³-hybridized carbons (Fsp3) is 0.333.